The normalized spacial score (nSPS) is 14.6. The first kappa shape index (κ1) is 20.7. The number of aromatic hydroxyl groups is 1. The van der Waals surface area contributed by atoms with Crippen LogP contribution in [-0.2, 0) is 22.4 Å². The monoisotopic (exact) mass is 407 g/mol. The zero-order valence-corrected chi connectivity index (χ0v) is 15.7. The van der Waals surface area contributed by atoms with Gasteiger partial charge < -0.3 is 14.7 Å². The number of ether oxygens (including phenoxy) is 1. The van der Waals surface area contributed by atoms with Gasteiger partial charge in [0.15, 0.2) is 5.78 Å². The highest BCUT2D eigenvalue weighted by Gasteiger charge is 2.30. The molecule has 154 valence electrons. The average Bonchev–Trinajstić information content (AvgIpc) is 3.51. The Morgan fingerprint density at radius 1 is 1.17 bits per heavy atom. The standard InChI is InChI=1S/C21H20F3NO4/c1-13(25-29-11-14-2-6-16(7-3-14)21(22,23)24)18-9-8-17(10-19(18)26)28-12-20(27)15-4-5-15/h2-3,6-10,15,26H,4-5,11-12H2,1H3/b25-13+. The van der Waals surface area contributed by atoms with Crippen molar-refractivity contribution in [1.29, 1.82) is 0 Å². The van der Waals surface area contributed by atoms with E-state index >= 15 is 0 Å². The van der Waals surface area contributed by atoms with Gasteiger partial charge in [-0.25, -0.2) is 0 Å². The minimum absolute atomic E-state index is 0.0132. The molecule has 1 fully saturated rings. The number of rotatable bonds is 8. The molecule has 0 spiro atoms. The number of carbonyl (C=O) groups excluding carboxylic acids is 1. The third kappa shape index (κ3) is 5.73. The molecule has 1 saturated carbocycles. The number of halogens is 3. The van der Waals surface area contributed by atoms with Gasteiger partial charge in [0.1, 0.15) is 24.7 Å². The summed E-state index contributed by atoms with van der Waals surface area (Å²) in [6.45, 7) is 1.59. The number of oxime groups is 1. The molecule has 2 aromatic rings. The van der Waals surface area contributed by atoms with Gasteiger partial charge >= 0.3 is 6.18 Å². The zero-order valence-electron chi connectivity index (χ0n) is 15.7. The van der Waals surface area contributed by atoms with Crippen LogP contribution in [-0.4, -0.2) is 23.2 Å². The molecule has 5 nitrogen and oxygen atoms in total. The van der Waals surface area contributed by atoms with E-state index in [2.05, 4.69) is 5.16 Å². The second-order valence-corrected chi connectivity index (χ2v) is 6.85. The van der Waals surface area contributed by atoms with Crippen LogP contribution < -0.4 is 4.74 Å². The Bertz CT molecular complexity index is 903. The van der Waals surface area contributed by atoms with Gasteiger partial charge in [-0.2, -0.15) is 13.2 Å². The molecule has 1 aliphatic rings. The highest BCUT2D eigenvalue weighted by atomic mass is 19.4. The number of carbonyl (C=O) groups is 1. The van der Waals surface area contributed by atoms with Crippen LogP contribution in [0.15, 0.2) is 47.6 Å². The predicted octanol–water partition coefficient (Wildman–Crippen LogP) is 4.71. The molecule has 8 heteroatoms. The second-order valence-electron chi connectivity index (χ2n) is 6.85. The van der Waals surface area contributed by atoms with E-state index in [0.717, 1.165) is 25.0 Å². The van der Waals surface area contributed by atoms with Crippen molar-refractivity contribution in [3.05, 3.63) is 59.2 Å². The number of benzene rings is 2. The molecule has 0 aromatic heterocycles. The maximum absolute atomic E-state index is 12.6. The fraction of sp³-hybridized carbons (Fsp3) is 0.333. The summed E-state index contributed by atoms with van der Waals surface area (Å²) in [6, 6.07) is 9.20. The molecule has 0 bridgehead atoms. The summed E-state index contributed by atoms with van der Waals surface area (Å²) in [5.41, 5.74) is 0.600. The van der Waals surface area contributed by atoms with E-state index in [1.54, 1.807) is 19.1 Å². The minimum Gasteiger partial charge on any atom is -0.507 e. The van der Waals surface area contributed by atoms with Gasteiger partial charge in [-0.1, -0.05) is 17.3 Å². The molecule has 0 saturated heterocycles. The van der Waals surface area contributed by atoms with Crippen molar-refractivity contribution in [2.45, 2.75) is 32.5 Å². The number of hydrogen-bond acceptors (Lipinski definition) is 5. The molecule has 0 heterocycles. The summed E-state index contributed by atoms with van der Waals surface area (Å²) >= 11 is 0. The zero-order chi connectivity index (χ0) is 21.0. The van der Waals surface area contributed by atoms with Crippen molar-refractivity contribution < 1.29 is 32.6 Å². The SMILES string of the molecule is C/C(=N\OCc1ccc(C(F)(F)F)cc1)c1ccc(OCC(=O)C2CC2)cc1O. The molecule has 0 aliphatic heterocycles. The smallest absolute Gasteiger partial charge is 0.416 e. The number of hydrogen-bond donors (Lipinski definition) is 1. The lowest BCUT2D eigenvalue weighted by Gasteiger charge is -2.09. The Labute approximate surface area is 165 Å². The van der Waals surface area contributed by atoms with Gasteiger partial charge in [0.2, 0.25) is 0 Å². The summed E-state index contributed by atoms with van der Waals surface area (Å²) < 4.78 is 43.1. The van der Waals surface area contributed by atoms with Crippen molar-refractivity contribution in [2.24, 2.45) is 11.1 Å². The first-order valence-corrected chi connectivity index (χ1v) is 9.05. The van der Waals surface area contributed by atoms with E-state index in [1.807, 2.05) is 0 Å². The molecule has 29 heavy (non-hydrogen) atoms. The lowest BCUT2D eigenvalue weighted by molar-refractivity contribution is -0.137. The predicted molar refractivity (Wildman–Crippen MR) is 99.8 cm³/mol. The van der Waals surface area contributed by atoms with Crippen molar-refractivity contribution in [2.75, 3.05) is 6.61 Å². The van der Waals surface area contributed by atoms with Crippen LogP contribution in [0.5, 0.6) is 11.5 Å². The summed E-state index contributed by atoms with van der Waals surface area (Å²) in [6.07, 6.45) is -2.56. The van der Waals surface area contributed by atoms with Crippen LogP contribution in [0.1, 0.15) is 36.5 Å². The maximum Gasteiger partial charge on any atom is 0.416 e. The van der Waals surface area contributed by atoms with Crippen LogP contribution >= 0.6 is 0 Å². The number of ketones is 1. The van der Waals surface area contributed by atoms with Crippen molar-refractivity contribution in [1.82, 2.24) is 0 Å². The lowest BCUT2D eigenvalue weighted by atomic mass is 10.1. The van der Waals surface area contributed by atoms with Crippen molar-refractivity contribution in [3.63, 3.8) is 0 Å². The molecular formula is C21H20F3NO4. The van der Waals surface area contributed by atoms with E-state index in [1.165, 1.54) is 18.2 Å². The molecule has 2 aromatic carbocycles. The Hall–Kier alpha value is -3.03. The number of nitrogens with zero attached hydrogens (tertiary/aromatic N) is 1. The largest absolute Gasteiger partial charge is 0.507 e. The summed E-state index contributed by atoms with van der Waals surface area (Å²) in [5, 5.41) is 14.1. The Morgan fingerprint density at radius 2 is 1.86 bits per heavy atom. The van der Waals surface area contributed by atoms with Gasteiger partial charge in [0.05, 0.1) is 11.3 Å². The molecule has 1 aliphatic carbocycles. The highest BCUT2D eigenvalue weighted by Crippen LogP contribution is 2.31. The van der Waals surface area contributed by atoms with Crippen LogP contribution in [0, 0.1) is 5.92 Å². The first-order valence-electron chi connectivity index (χ1n) is 9.05. The van der Waals surface area contributed by atoms with Crippen molar-refractivity contribution in [3.8, 4) is 11.5 Å². The number of phenols is 1. The van der Waals surface area contributed by atoms with Gasteiger partial charge in [-0.15, -0.1) is 0 Å². The van der Waals surface area contributed by atoms with Crippen LogP contribution in [0.4, 0.5) is 13.2 Å². The van der Waals surface area contributed by atoms with Crippen LogP contribution in [0.2, 0.25) is 0 Å². The molecular weight excluding hydrogens is 387 g/mol. The van der Waals surface area contributed by atoms with Crippen LogP contribution in [0.3, 0.4) is 0 Å². The van der Waals surface area contributed by atoms with Gasteiger partial charge in [0.25, 0.3) is 0 Å². The molecule has 0 amide bonds. The van der Waals surface area contributed by atoms with E-state index in [0.29, 0.717) is 22.6 Å². The second kappa shape index (κ2) is 8.55. The lowest BCUT2D eigenvalue weighted by Crippen LogP contribution is -2.12. The Balaban J connectivity index is 1.55. The fourth-order valence-electron chi connectivity index (χ4n) is 2.63. The Morgan fingerprint density at radius 3 is 2.45 bits per heavy atom. The number of Topliss-reactive ketones (excluding diaryl/α,β-unsaturated/α-hetero) is 1. The van der Waals surface area contributed by atoms with Gasteiger partial charge in [-0.3, -0.25) is 4.79 Å². The van der Waals surface area contributed by atoms with E-state index in [4.69, 9.17) is 9.57 Å². The molecule has 0 radical (unpaired) electrons. The summed E-state index contributed by atoms with van der Waals surface area (Å²) in [7, 11) is 0. The quantitative estimate of drug-likeness (QED) is 0.508. The third-order valence-electron chi connectivity index (χ3n) is 4.49. The molecule has 3 rings (SSSR count). The fourth-order valence-corrected chi connectivity index (χ4v) is 2.63. The summed E-state index contributed by atoms with van der Waals surface area (Å²) in [4.78, 5) is 16.8. The van der Waals surface area contributed by atoms with E-state index in [-0.39, 0.29) is 30.7 Å². The topological polar surface area (TPSA) is 68.1 Å². The Kier molecular flexibility index (Phi) is 6.10. The van der Waals surface area contributed by atoms with E-state index < -0.39 is 11.7 Å². The minimum atomic E-state index is -4.38. The van der Waals surface area contributed by atoms with Crippen molar-refractivity contribution >= 4 is 11.5 Å². The third-order valence-corrected chi connectivity index (χ3v) is 4.49. The van der Waals surface area contributed by atoms with Gasteiger partial charge in [0, 0.05) is 17.5 Å². The number of alkyl halides is 3. The number of phenolic OH excluding ortho intramolecular Hbond substituents is 1. The highest BCUT2D eigenvalue weighted by molar-refractivity contribution is 6.00. The molecule has 0 atom stereocenters. The van der Waals surface area contributed by atoms with Crippen LogP contribution in [0.25, 0.3) is 0 Å². The molecule has 1 N–H and O–H groups in total. The first-order chi connectivity index (χ1) is 13.7. The molecule has 0 unspecified atom stereocenters. The summed E-state index contributed by atoms with van der Waals surface area (Å²) in [5.74, 6) is 0.460. The maximum atomic E-state index is 12.6. The average molecular weight is 407 g/mol. The van der Waals surface area contributed by atoms with Gasteiger partial charge in [-0.05, 0) is 49.6 Å². The van der Waals surface area contributed by atoms with E-state index in [9.17, 15) is 23.1 Å².